The van der Waals surface area contributed by atoms with Crippen molar-refractivity contribution in [2.75, 3.05) is 13.7 Å². The number of methoxy groups -OCH3 is 1. The Morgan fingerprint density at radius 2 is 1.95 bits per heavy atom. The highest BCUT2D eigenvalue weighted by Crippen LogP contribution is 2.24. The van der Waals surface area contributed by atoms with Gasteiger partial charge in [-0.05, 0) is 16.3 Å². The molecule has 0 aliphatic carbocycles. The van der Waals surface area contributed by atoms with E-state index in [4.69, 9.17) is 15.2 Å². The van der Waals surface area contributed by atoms with Gasteiger partial charge in [0.2, 0.25) is 0 Å². The molecule has 0 bridgehead atoms. The van der Waals surface area contributed by atoms with E-state index in [1.807, 2.05) is 0 Å². The van der Waals surface area contributed by atoms with Crippen molar-refractivity contribution >= 4 is 16.8 Å². The predicted octanol–water partition coefficient (Wildman–Crippen LogP) is 3.23. The van der Waals surface area contributed by atoms with Crippen molar-refractivity contribution in [3.05, 3.63) is 54.1 Å². The maximum absolute atomic E-state index is 6.30. The summed E-state index contributed by atoms with van der Waals surface area (Å²) in [5, 5.41) is 2.48. The molecule has 1 saturated heterocycles. The van der Waals surface area contributed by atoms with E-state index in [0.29, 0.717) is 12.5 Å². The van der Waals surface area contributed by atoms with Gasteiger partial charge >= 0.3 is 0 Å². The normalized spacial score (nSPS) is 29.2. The van der Waals surface area contributed by atoms with Crippen LogP contribution in [0.15, 0.2) is 48.5 Å². The summed E-state index contributed by atoms with van der Waals surface area (Å²) in [5.74, 6) is 0.321. The summed E-state index contributed by atoms with van der Waals surface area (Å²) in [6, 6.07) is 14.5. The second kappa shape index (κ2) is 6.61. The molecular formula is C19H23NO2. The molecule has 1 heterocycles. The molecule has 0 unspecified atom stereocenters. The Morgan fingerprint density at radius 3 is 2.77 bits per heavy atom. The van der Waals surface area contributed by atoms with Crippen molar-refractivity contribution < 1.29 is 9.47 Å². The minimum Gasteiger partial charge on any atom is -0.379 e. The lowest BCUT2D eigenvalue weighted by molar-refractivity contribution is -0.0896. The Hall–Kier alpha value is -1.68. The van der Waals surface area contributed by atoms with Crippen molar-refractivity contribution in [3.8, 4) is 0 Å². The molecule has 0 aromatic heterocycles. The molecule has 22 heavy (non-hydrogen) atoms. The zero-order chi connectivity index (χ0) is 15.5. The van der Waals surface area contributed by atoms with Gasteiger partial charge in [-0.2, -0.15) is 0 Å². The molecule has 116 valence electrons. The first-order valence-corrected chi connectivity index (χ1v) is 7.76. The van der Waals surface area contributed by atoms with Gasteiger partial charge in [-0.1, -0.05) is 61.5 Å². The van der Waals surface area contributed by atoms with Gasteiger partial charge in [-0.25, -0.2) is 0 Å². The zero-order valence-electron chi connectivity index (χ0n) is 13.1. The Labute approximate surface area is 131 Å². The minimum absolute atomic E-state index is 0.0379. The summed E-state index contributed by atoms with van der Waals surface area (Å²) in [4.78, 5) is 0. The monoisotopic (exact) mass is 297 g/mol. The fourth-order valence-electron chi connectivity index (χ4n) is 3.20. The molecule has 2 N–H and O–H groups in total. The van der Waals surface area contributed by atoms with Gasteiger partial charge in [0.1, 0.15) is 0 Å². The molecule has 0 spiro atoms. The SMILES string of the molecule is CO[C@@H]1[C@@H](N)[C@H](C=Cc2cccc3ccccc23)OC[C@@H]1C. The third-order valence-corrected chi connectivity index (χ3v) is 4.43. The van der Waals surface area contributed by atoms with E-state index in [9.17, 15) is 0 Å². The van der Waals surface area contributed by atoms with Crippen LogP contribution in [-0.4, -0.2) is 32.0 Å². The fourth-order valence-corrected chi connectivity index (χ4v) is 3.20. The molecule has 1 aliphatic rings. The molecule has 0 radical (unpaired) electrons. The van der Waals surface area contributed by atoms with Crippen LogP contribution in [0.5, 0.6) is 0 Å². The first kappa shape index (κ1) is 15.2. The Balaban J connectivity index is 1.84. The van der Waals surface area contributed by atoms with Crippen LogP contribution in [0.4, 0.5) is 0 Å². The van der Waals surface area contributed by atoms with E-state index in [1.165, 1.54) is 16.3 Å². The van der Waals surface area contributed by atoms with E-state index in [0.717, 1.165) is 0 Å². The second-order valence-electron chi connectivity index (χ2n) is 5.98. The largest absolute Gasteiger partial charge is 0.379 e. The highest BCUT2D eigenvalue weighted by molar-refractivity contribution is 5.90. The van der Waals surface area contributed by atoms with Gasteiger partial charge in [-0.3, -0.25) is 0 Å². The summed E-state index contributed by atoms with van der Waals surface area (Å²) in [5.41, 5.74) is 7.48. The highest BCUT2D eigenvalue weighted by Gasteiger charge is 2.34. The average molecular weight is 297 g/mol. The molecule has 0 saturated carbocycles. The summed E-state index contributed by atoms with van der Waals surface area (Å²) in [6.45, 7) is 2.79. The lowest BCUT2D eigenvalue weighted by atomic mass is 9.91. The Kier molecular flexibility index (Phi) is 4.57. The third-order valence-electron chi connectivity index (χ3n) is 4.43. The topological polar surface area (TPSA) is 44.5 Å². The number of hydrogen-bond acceptors (Lipinski definition) is 3. The highest BCUT2D eigenvalue weighted by atomic mass is 16.5. The van der Waals surface area contributed by atoms with E-state index in [1.54, 1.807) is 7.11 Å². The lowest BCUT2D eigenvalue weighted by Crippen LogP contribution is -2.54. The summed E-state index contributed by atoms with van der Waals surface area (Å²) in [7, 11) is 1.72. The number of hydrogen-bond donors (Lipinski definition) is 1. The maximum atomic E-state index is 6.30. The molecule has 2 aromatic carbocycles. The number of ether oxygens (including phenoxy) is 2. The van der Waals surface area contributed by atoms with E-state index in [2.05, 4.69) is 61.5 Å². The van der Waals surface area contributed by atoms with Crippen LogP contribution in [0.25, 0.3) is 16.8 Å². The minimum atomic E-state index is -0.139. The average Bonchev–Trinajstić information content (AvgIpc) is 2.54. The van der Waals surface area contributed by atoms with Gasteiger partial charge in [0.05, 0.1) is 24.9 Å². The van der Waals surface area contributed by atoms with Gasteiger partial charge in [0.15, 0.2) is 0 Å². The number of rotatable bonds is 3. The van der Waals surface area contributed by atoms with E-state index >= 15 is 0 Å². The van der Waals surface area contributed by atoms with Crippen LogP contribution < -0.4 is 5.73 Å². The van der Waals surface area contributed by atoms with E-state index < -0.39 is 0 Å². The molecule has 4 atom stereocenters. The summed E-state index contributed by atoms with van der Waals surface area (Å²) < 4.78 is 11.4. The van der Waals surface area contributed by atoms with Crippen molar-refractivity contribution in [1.29, 1.82) is 0 Å². The van der Waals surface area contributed by atoms with Gasteiger partial charge in [0, 0.05) is 13.0 Å². The zero-order valence-corrected chi connectivity index (χ0v) is 13.1. The second-order valence-corrected chi connectivity index (χ2v) is 5.98. The lowest BCUT2D eigenvalue weighted by Gasteiger charge is -2.37. The van der Waals surface area contributed by atoms with Crippen molar-refractivity contribution in [2.45, 2.75) is 25.2 Å². The number of nitrogens with two attached hydrogens (primary N) is 1. The van der Waals surface area contributed by atoms with Crippen LogP contribution in [0.3, 0.4) is 0 Å². The van der Waals surface area contributed by atoms with Gasteiger partial charge in [0.25, 0.3) is 0 Å². The summed E-state index contributed by atoms with van der Waals surface area (Å²) >= 11 is 0. The van der Waals surface area contributed by atoms with Crippen molar-refractivity contribution in [3.63, 3.8) is 0 Å². The molecule has 3 rings (SSSR count). The molecule has 1 fully saturated rings. The molecular weight excluding hydrogens is 274 g/mol. The molecule has 3 heteroatoms. The smallest absolute Gasteiger partial charge is 0.0935 e. The molecule has 2 aromatic rings. The van der Waals surface area contributed by atoms with Crippen LogP contribution in [-0.2, 0) is 9.47 Å². The van der Waals surface area contributed by atoms with Gasteiger partial charge < -0.3 is 15.2 Å². The maximum Gasteiger partial charge on any atom is 0.0935 e. The third kappa shape index (κ3) is 2.93. The van der Waals surface area contributed by atoms with Crippen LogP contribution in [0, 0.1) is 5.92 Å². The van der Waals surface area contributed by atoms with Gasteiger partial charge in [-0.15, -0.1) is 0 Å². The van der Waals surface area contributed by atoms with Crippen molar-refractivity contribution in [1.82, 2.24) is 0 Å². The van der Waals surface area contributed by atoms with Crippen molar-refractivity contribution in [2.24, 2.45) is 11.7 Å². The van der Waals surface area contributed by atoms with Crippen LogP contribution in [0.1, 0.15) is 12.5 Å². The molecule has 0 amide bonds. The fraction of sp³-hybridized carbons (Fsp3) is 0.368. The number of benzene rings is 2. The number of fused-ring (bicyclic) bond motifs is 1. The first-order valence-electron chi connectivity index (χ1n) is 7.76. The molecule has 1 aliphatic heterocycles. The Bertz CT molecular complexity index is 662. The Morgan fingerprint density at radius 1 is 1.18 bits per heavy atom. The first-order chi connectivity index (χ1) is 10.7. The summed E-state index contributed by atoms with van der Waals surface area (Å²) in [6.07, 6.45) is 4.09. The van der Waals surface area contributed by atoms with Crippen LogP contribution in [0.2, 0.25) is 0 Å². The van der Waals surface area contributed by atoms with E-state index in [-0.39, 0.29) is 18.2 Å². The quantitative estimate of drug-likeness (QED) is 0.946. The van der Waals surface area contributed by atoms with Crippen LogP contribution >= 0.6 is 0 Å². The molecule has 3 nitrogen and oxygen atoms in total. The predicted molar refractivity (Wildman–Crippen MR) is 90.7 cm³/mol. The standard InChI is InChI=1S/C19H23NO2/c1-13-12-22-17(18(20)19(13)21-2)11-10-15-8-5-7-14-6-3-4-9-16(14)15/h3-11,13,17-19H,12,20H2,1-2H3/t13-,17-,18-,19-/m0/s1.